The van der Waals surface area contributed by atoms with Crippen LogP contribution >= 0.6 is 0 Å². The number of amidine groups is 1. The van der Waals surface area contributed by atoms with Gasteiger partial charge >= 0.3 is 5.92 Å². The smallest absolute Gasteiger partial charge is 0.300 e. The van der Waals surface area contributed by atoms with Gasteiger partial charge in [0.2, 0.25) is 0 Å². The Kier molecular flexibility index (Phi) is 4.10. The molecule has 2 aliphatic rings. The molecule has 5 nitrogen and oxygen atoms in total. The second-order valence-corrected chi connectivity index (χ2v) is 5.19. The molecule has 0 aromatic heterocycles. The number of alkyl halides is 2. The first-order valence-electron chi connectivity index (χ1n) is 6.98. The Morgan fingerprint density at radius 3 is 2.82 bits per heavy atom. The van der Waals surface area contributed by atoms with Crippen LogP contribution < -0.4 is 10.6 Å². The summed E-state index contributed by atoms with van der Waals surface area (Å²) >= 11 is 0. The molecule has 0 radical (unpaired) electrons. The van der Waals surface area contributed by atoms with E-state index in [0.717, 1.165) is 6.42 Å². The van der Waals surface area contributed by atoms with Gasteiger partial charge in [0.1, 0.15) is 12.8 Å². The lowest BCUT2D eigenvalue weighted by Gasteiger charge is -2.28. The predicted molar refractivity (Wildman–Crippen MR) is 74.4 cm³/mol. The van der Waals surface area contributed by atoms with Crippen molar-refractivity contribution in [2.75, 3.05) is 25.1 Å². The van der Waals surface area contributed by atoms with E-state index in [1.807, 2.05) is 0 Å². The SMILES string of the molecule is Fc1c(CNC2=NCC(F)(F)CO2)cccc1N[C@H]1CCO1. The number of nitrogens with zero attached hydrogens (tertiary/aromatic N) is 1. The Hall–Kier alpha value is -1.96. The molecule has 0 bridgehead atoms. The summed E-state index contributed by atoms with van der Waals surface area (Å²) < 4.78 is 50.1. The summed E-state index contributed by atoms with van der Waals surface area (Å²) in [4.78, 5) is 3.60. The molecular weight excluding hydrogens is 299 g/mol. The van der Waals surface area contributed by atoms with Gasteiger partial charge in [-0.2, -0.15) is 0 Å². The lowest BCUT2D eigenvalue weighted by atomic mass is 10.1. The van der Waals surface area contributed by atoms with E-state index >= 15 is 0 Å². The van der Waals surface area contributed by atoms with Crippen molar-refractivity contribution >= 4 is 11.7 Å². The van der Waals surface area contributed by atoms with Gasteiger partial charge < -0.3 is 20.1 Å². The van der Waals surface area contributed by atoms with Gasteiger partial charge in [-0.15, -0.1) is 0 Å². The maximum Gasteiger partial charge on any atom is 0.300 e. The highest BCUT2D eigenvalue weighted by atomic mass is 19.3. The van der Waals surface area contributed by atoms with Crippen molar-refractivity contribution in [3.8, 4) is 0 Å². The van der Waals surface area contributed by atoms with Crippen LogP contribution in [0, 0.1) is 5.82 Å². The molecule has 8 heteroatoms. The van der Waals surface area contributed by atoms with Crippen LogP contribution in [0.3, 0.4) is 0 Å². The lowest BCUT2D eigenvalue weighted by Crippen LogP contribution is -2.39. The molecule has 120 valence electrons. The van der Waals surface area contributed by atoms with Crippen molar-refractivity contribution in [3.05, 3.63) is 29.6 Å². The molecule has 0 saturated carbocycles. The Morgan fingerprint density at radius 2 is 2.18 bits per heavy atom. The van der Waals surface area contributed by atoms with E-state index in [9.17, 15) is 13.2 Å². The molecule has 1 aromatic carbocycles. The van der Waals surface area contributed by atoms with E-state index in [1.165, 1.54) is 0 Å². The number of hydrogen-bond acceptors (Lipinski definition) is 5. The molecule has 0 amide bonds. The van der Waals surface area contributed by atoms with Crippen LogP contribution in [0.1, 0.15) is 12.0 Å². The molecule has 0 spiro atoms. The summed E-state index contributed by atoms with van der Waals surface area (Å²) in [5, 5.41) is 5.67. The third kappa shape index (κ3) is 3.44. The van der Waals surface area contributed by atoms with Crippen LogP contribution in [0.25, 0.3) is 0 Å². The van der Waals surface area contributed by atoms with Gasteiger partial charge in [0, 0.05) is 18.5 Å². The van der Waals surface area contributed by atoms with Crippen LogP contribution in [0.4, 0.5) is 18.9 Å². The minimum atomic E-state index is -2.94. The molecule has 1 fully saturated rings. The van der Waals surface area contributed by atoms with E-state index < -0.39 is 24.9 Å². The van der Waals surface area contributed by atoms with Crippen molar-refractivity contribution in [1.82, 2.24) is 5.32 Å². The van der Waals surface area contributed by atoms with E-state index in [1.54, 1.807) is 18.2 Å². The van der Waals surface area contributed by atoms with Gasteiger partial charge in [0.05, 0.1) is 12.3 Å². The van der Waals surface area contributed by atoms with Crippen LogP contribution in [0.5, 0.6) is 0 Å². The van der Waals surface area contributed by atoms with Gasteiger partial charge in [-0.3, -0.25) is 0 Å². The highest BCUT2D eigenvalue weighted by Gasteiger charge is 2.33. The maximum atomic E-state index is 14.3. The van der Waals surface area contributed by atoms with Crippen LogP contribution in [-0.4, -0.2) is 37.9 Å². The molecule has 0 aliphatic carbocycles. The van der Waals surface area contributed by atoms with Crippen molar-refractivity contribution in [1.29, 1.82) is 0 Å². The molecule has 2 heterocycles. The molecule has 2 aliphatic heterocycles. The van der Waals surface area contributed by atoms with Crippen LogP contribution in [0.2, 0.25) is 0 Å². The lowest BCUT2D eigenvalue weighted by molar-refractivity contribution is -0.0476. The zero-order valence-electron chi connectivity index (χ0n) is 11.7. The Morgan fingerprint density at radius 1 is 1.36 bits per heavy atom. The third-order valence-corrected chi connectivity index (χ3v) is 3.40. The fraction of sp³-hybridized carbons (Fsp3) is 0.500. The summed E-state index contributed by atoms with van der Waals surface area (Å²) in [6, 6.07) is 4.94. The minimum Gasteiger partial charge on any atom is -0.459 e. The maximum absolute atomic E-state index is 14.3. The van der Waals surface area contributed by atoms with Gasteiger partial charge in [-0.25, -0.2) is 18.2 Å². The Bertz CT molecular complexity index is 576. The minimum absolute atomic E-state index is 0.00557. The topological polar surface area (TPSA) is 54.9 Å². The van der Waals surface area contributed by atoms with Gasteiger partial charge in [0.15, 0.2) is 12.4 Å². The normalized spacial score (nSPS) is 23.0. The first kappa shape index (κ1) is 15.0. The first-order valence-corrected chi connectivity index (χ1v) is 6.98. The number of hydrogen-bond donors (Lipinski definition) is 2. The molecule has 1 saturated heterocycles. The highest BCUT2D eigenvalue weighted by Crippen LogP contribution is 2.22. The van der Waals surface area contributed by atoms with Crippen molar-refractivity contribution < 1.29 is 22.6 Å². The van der Waals surface area contributed by atoms with Crippen LogP contribution in [-0.2, 0) is 16.0 Å². The molecule has 1 aromatic rings. The first-order chi connectivity index (χ1) is 10.5. The van der Waals surface area contributed by atoms with Crippen molar-refractivity contribution in [3.63, 3.8) is 0 Å². The summed E-state index contributed by atoms with van der Waals surface area (Å²) in [5.74, 6) is -3.35. The third-order valence-electron chi connectivity index (χ3n) is 3.40. The van der Waals surface area contributed by atoms with Crippen LogP contribution in [0.15, 0.2) is 23.2 Å². The van der Waals surface area contributed by atoms with Crippen molar-refractivity contribution in [2.24, 2.45) is 4.99 Å². The van der Waals surface area contributed by atoms with E-state index in [2.05, 4.69) is 15.6 Å². The average molecular weight is 315 g/mol. The quantitative estimate of drug-likeness (QED) is 0.893. The molecule has 22 heavy (non-hydrogen) atoms. The number of ether oxygens (including phenoxy) is 2. The number of anilines is 1. The molecule has 0 unspecified atom stereocenters. The van der Waals surface area contributed by atoms with E-state index in [0.29, 0.717) is 17.9 Å². The largest absolute Gasteiger partial charge is 0.459 e. The molecule has 3 rings (SSSR count). The fourth-order valence-electron chi connectivity index (χ4n) is 2.08. The molecule has 1 atom stereocenters. The van der Waals surface area contributed by atoms with Gasteiger partial charge in [-0.1, -0.05) is 12.1 Å². The summed E-state index contributed by atoms with van der Waals surface area (Å²) in [6.45, 7) is -0.583. The number of nitrogens with one attached hydrogen (secondary N) is 2. The number of benzene rings is 1. The number of aliphatic imine (C=N–C) groups is 1. The number of halogens is 3. The second-order valence-electron chi connectivity index (χ2n) is 5.19. The molecular formula is C14H16F3N3O2. The summed E-state index contributed by atoms with van der Waals surface area (Å²) in [5.41, 5.74) is 0.731. The van der Waals surface area contributed by atoms with E-state index in [4.69, 9.17) is 9.47 Å². The number of rotatable bonds is 4. The predicted octanol–water partition coefficient (Wildman–Crippen LogP) is 2.10. The van der Waals surface area contributed by atoms with Gasteiger partial charge in [-0.05, 0) is 6.07 Å². The van der Waals surface area contributed by atoms with E-state index in [-0.39, 0.29) is 18.8 Å². The summed E-state index contributed by atoms with van der Waals surface area (Å²) in [6.07, 6.45) is 0.673. The second kappa shape index (κ2) is 6.04. The highest BCUT2D eigenvalue weighted by molar-refractivity contribution is 5.74. The zero-order chi connectivity index (χ0) is 15.6. The Balaban J connectivity index is 1.60. The summed E-state index contributed by atoms with van der Waals surface area (Å²) in [7, 11) is 0. The zero-order valence-corrected chi connectivity index (χ0v) is 11.7. The van der Waals surface area contributed by atoms with Crippen molar-refractivity contribution in [2.45, 2.75) is 25.1 Å². The average Bonchev–Trinajstić information content (AvgIpc) is 2.44. The van der Waals surface area contributed by atoms with Gasteiger partial charge in [0.25, 0.3) is 6.02 Å². The monoisotopic (exact) mass is 315 g/mol. The molecule has 2 N–H and O–H groups in total. The fourth-order valence-corrected chi connectivity index (χ4v) is 2.08. The standard InChI is InChI=1S/C14H16F3N3O2/c15-12-9(2-1-3-10(12)20-11-4-5-21-11)6-18-13-19-7-14(16,17)8-22-13/h1-3,11,20H,4-8H2,(H,18,19)/t11-/m1/s1. The Labute approximate surface area is 125 Å².